The predicted octanol–water partition coefficient (Wildman–Crippen LogP) is 7.16. The van der Waals surface area contributed by atoms with Gasteiger partial charge in [-0.05, 0) is 79.8 Å². The number of allylic oxidation sites excluding steroid dienone is 7. The third-order valence-electron chi connectivity index (χ3n) is 8.51. The zero-order chi connectivity index (χ0) is 23.5. The summed E-state index contributed by atoms with van der Waals surface area (Å²) in [6.07, 6.45) is 16.8. The summed E-state index contributed by atoms with van der Waals surface area (Å²) in [6, 6.07) is 0. The van der Waals surface area contributed by atoms with Crippen molar-refractivity contribution in [1.82, 2.24) is 0 Å². The van der Waals surface area contributed by atoms with Gasteiger partial charge in [0.2, 0.25) is 0 Å². The Labute approximate surface area is 194 Å². The molecule has 3 aliphatic carbocycles. The number of fused-ring (bicyclic) bond motifs is 1. The molecule has 3 rings (SSSR count). The van der Waals surface area contributed by atoms with Crippen LogP contribution < -0.4 is 0 Å². The predicted molar refractivity (Wildman–Crippen MR) is 132 cm³/mol. The van der Waals surface area contributed by atoms with Crippen LogP contribution in [0.1, 0.15) is 85.5 Å². The first kappa shape index (κ1) is 25.2. The maximum atomic E-state index is 14.1. The molecule has 5 atom stereocenters. The van der Waals surface area contributed by atoms with Crippen molar-refractivity contribution in [3.8, 4) is 0 Å². The van der Waals surface area contributed by atoms with Crippen LogP contribution in [0.2, 0.25) is 0 Å². The number of alkyl halides is 1. The molecule has 0 spiro atoms. The first-order valence-corrected chi connectivity index (χ1v) is 12.6. The minimum Gasteiger partial charge on any atom is -0.393 e. The van der Waals surface area contributed by atoms with Gasteiger partial charge in [-0.1, -0.05) is 75.8 Å². The molecule has 3 aliphatic rings. The molecule has 178 valence electrons. The third-order valence-corrected chi connectivity index (χ3v) is 8.51. The number of rotatable bonds is 7. The van der Waals surface area contributed by atoms with Gasteiger partial charge in [-0.2, -0.15) is 0 Å². The fraction of sp³-hybridized carbons (Fsp3) is 0.655. The van der Waals surface area contributed by atoms with Gasteiger partial charge in [0.1, 0.15) is 6.17 Å². The summed E-state index contributed by atoms with van der Waals surface area (Å²) in [5, 5.41) is 20.5. The highest BCUT2D eigenvalue weighted by Gasteiger charge is 2.45. The lowest BCUT2D eigenvalue weighted by Gasteiger charge is -2.42. The van der Waals surface area contributed by atoms with E-state index in [1.54, 1.807) is 5.57 Å². The summed E-state index contributed by atoms with van der Waals surface area (Å²) in [6.45, 7) is 12.7. The van der Waals surface area contributed by atoms with Crippen molar-refractivity contribution in [1.29, 1.82) is 0 Å². The zero-order valence-electron chi connectivity index (χ0n) is 20.5. The van der Waals surface area contributed by atoms with Gasteiger partial charge in [0.15, 0.2) is 0 Å². The quantitative estimate of drug-likeness (QED) is 0.411. The maximum absolute atomic E-state index is 14.1. The van der Waals surface area contributed by atoms with Gasteiger partial charge in [0.05, 0.1) is 11.7 Å². The standard InChI is InChI=1S/C29H43FO2/c1-6-29(32,7-2)17-8-10-20(3)25-14-15-26-22(11-9-16-28(25,26)5)12-13-23-18-24(31)19-27(30)21(23)4/h8,12-14,17,20,24,26-27,31-32H,4,6-7,9-11,15-16,18-19H2,1-3,5H3/b17-8+,22-12+,23-13-/t20-,24?,26?,27-,28+/m0/s1. The van der Waals surface area contributed by atoms with E-state index in [0.29, 0.717) is 23.8 Å². The Kier molecular flexibility index (Phi) is 8.04. The molecule has 2 nitrogen and oxygen atoms in total. The van der Waals surface area contributed by atoms with Crippen molar-refractivity contribution in [3.05, 3.63) is 59.3 Å². The van der Waals surface area contributed by atoms with E-state index in [1.165, 1.54) is 18.4 Å². The molecule has 0 heterocycles. The maximum Gasteiger partial charge on any atom is 0.127 e. The molecule has 0 saturated heterocycles. The smallest absolute Gasteiger partial charge is 0.127 e. The molecule has 0 radical (unpaired) electrons. The normalized spacial score (nSPS) is 34.9. The summed E-state index contributed by atoms with van der Waals surface area (Å²) < 4.78 is 14.1. The highest BCUT2D eigenvalue weighted by Crippen LogP contribution is 2.57. The molecule has 2 saturated carbocycles. The molecule has 2 N–H and O–H groups in total. The lowest BCUT2D eigenvalue weighted by molar-refractivity contribution is 0.0824. The van der Waals surface area contributed by atoms with Crippen LogP contribution in [0.5, 0.6) is 0 Å². The minimum absolute atomic E-state index is 0.168. The second-order valence-electron chi connectivity index (χ2n) is 10.6. The van der Waals surface area contributed by atoms with Crippen LogP contribution in [0.25, 0.3) is 0 Å². The molecule has 32 heavy (non-hydrogen) atoms. The molecule has 0 aromatic carbocycles. The Morgan fingerprint density at radius 2 is 2.03 bits per heavy atom. The molecule has 2 unspecified atom stereocenters. The number of aliphatic hydroxyl groups is 2. The van der Waals surface area contributed by atoms with Crippen molar-refractivity contribution in [2.45, 2.75) is 103 Å². The zero-order valence-corrected chi connectivity index (χ0v) is 20.5. The number of aliphatic hydroxyl groups excluding tert-OH is 1. The highest BCUT2D eigenvalue weighted by molar-refractivity contribution is 5.40. The Balaban J connectivity index is 1.73. The lowest BCUT2D eigenvalue weighted by atomic mass is 9.62. The van der Waals surface area contributed by atoms with Crippen molar-refractivity contribution < 1.29 is 14.6 Å². The second kappa shape index (κ2) is 10.2. The SMILES string of the molecule is C=C1/C(=C\C=C2/CCC[C@]3(C)C([C@@H](C)C/C=C/C(O)(CC)CC)=CCC23)CC(O)C[C@@H]1F. The first-order valence-electron chi connectivity index (χ1n) is 12.6. The topological polar surface area (TPSA) is 40.5 Å². The second-order valence-corrected chi connectivity index (χ2v) is 10.6. The molecule has 2 fully saturated rings. The molecular weight excluding hydrogens is 399 g/mol. The molecule has 0 aromatic heterocycles. The van der Waals surface area contributed by atoms with E-state index in [2.05, 4.69) is 38.7 Å². The minimum atomic E-state index is -1.13. The molecule has 0 bridgehead atoms. The molecule has 3 heteroatoms. The van der Waals surface area contributed by atoms with Gasteiger partial charge in [0.25, 0.3) is 0 Å². The highest BCUT2D eigenvalue weighted by atomic mass is 19.1. The fourth-order valence-corrected chi connectivity index (χ4v) is 6.15. The van der Waals surface area contributed by atoms with E-state index >= 15 is 0 Å². The monoisotopic (exact) mass is 442 g/mol. The van der Waals surface area contributed by atoms with Crippen molar-refractivity contribution in [2.75, 3.05) is 0 Å². The van der Waals surface area contributed by atoms with Gasteiger partial charge in [-0.25, -0.2) is 4.39 Å². The average Bonchev–Trinajstić information content (AvgIpc) is 3.12. The Bertz CT molecular complexity index is 813. The van der Waals surface area contributed by atoms with Crippen LogP contribution in [0.3, 0.4) is 0 Å². The summed E-state index contributed by atoms with van der Waals surface area (Å²) in [4.78, 5) is 0. The van der Waals surface area contributed by atoms with Gasteiger partial charge in [-0.3, -0.25) is 0 Å². The van der Waals surface area contributed by atoms with Crippen molar-refractivity contribution in [2.24, 2.45) is 17.3 Å². The van der Waals surface area contributed by atoms with Crippen molar-refractivity contribution >= 4 is 0 Å². The van der Waals surface area contributed by atoms with E-state index in [0.717, 1.165) is 37.7 Å². The summed E-state index contributed by atoms with van der Waals surface area (Å²) in [5.74, 6) is 0.957. The van der Waals surface area contributed by atoms with Gasteiger partial charge >= 0.3 is 0 Å². The first-order chi connectivity index (χ1) is 15.1. The van der Waals surface area contributed by atoms with Crippen LogP contribution >= 0.6 is 0 Å². The van der Waals surface area contributed by atoms with Crippen LogP contribution in [-0.2, 0) is 0 Å². The Morgan fingerprint density at radius 3 is 2.72 bits per heavy atom. The summed E-state index contributed by atoms with van der Waals surface area (Å²) >= 11 is 0. The van der Waals surface area contributed by atoms with Crippen LogP contribution in [0.15, 0.2) is 59.3 Å². The molecule has 0 amide bonds. The summed E-state index contributed by atoms with van der Waals surface area (Å²) in [7, 11) is 0. The van der Waals surface area contributed by atoms with E-state index in [-0.39, 0.29) is 11.8 Å². The van der Waals surface area contributed by atoms with E-state index in [9.17, 15) is 14.6 Å². The van der Waals surface area contributed by atoms with Crippen LogP contribution in [0, 0.1) is 17.3 Å². The van der Waals surface area contributed by atoms with Crippen LogP contribution in [-0.4, -0.2) is 28.1 Å². The molecular formula is C29H43FO2. The van der Waals surface area contributed by atoms with E-state index in [4.69, 9.17) is 0 Å². The van der Waals surface area contributed by atoms with Gasteiger partial charge in [-0.15, -0.1) is 0 Å². The van der Waals surface area contributed by atoms with Gasteiger partial charge < -0.3 is 10.2 Å². The number of hydrogen-bond acceptors (Lipinski definition) is 2. The van der Waals surface area contributed by atoms with Crippen LogP contribution in [0.4, 0.5) is 4.39 Å². The molecule has 0 aromatic rings. The van der Waals surface area contributed by atoms with Crippen molar-refractivity contribution in [3.63, 3.8) is 0 Å². The molecule has 0 aliphatic heterocycles. The Hall–Kier alpha value is -1.45. The van der Waals surface area contributed by atoms with E-state index < -0.39 is 17.9 Å². The number of hydrogen-bond donors (Lipinski definition) is 2. The third kappa shape index (κ3) is 5.20. The van der Waals surface area contributed by atoms with Gasteiger partial charge in [0, 0.05) is 6.42 Å². The summed E-state index contributed by atoms with van der Waals surface area (Å²) in [5.41, 5.74) is 3.90. The largest absolute Gasteiger partial charge is 0.393 e. The van der Waals surface area contributed by atoms with E-state index in [1.807, 2.05) is 26.0 Å². The average molecular weight is 443 g/mol. The number of halogens is 1. The fourth-order valence-electron chi connectivity index (χ4n) is 6.15. The lowest BCUT2D eigenvalue weighted by Crippen LogP contribution is -2.32. The Morgan fingerprint density at radius 1 is 1.31 bits per heavy atom.